The maximum Gasteiger partial charge on any atom is -0.0437 e. The van der Waals surface area contributed by atoms with Crippen LogP contribution in [0.5, 0.6) is 0 Å². The lowest BCUT2D eigenvalue weighted by Gasteiger charge is -1.65. The topological polar surface area (TPSA) is 0 Å². The molecule has 0 bridgehead atoms. The Balaban J connectivity index is 0. The summed E-state index contributed by atoms with van der Waals surface area (Å²) in [6.45, 7) is 7.50. The third-order valence-corrected chi connectivity index (χ3v) is 0. The van der Waals surface area contributed by atoms with E-state index in [4.69, 9.17) is 0 Å². The second kappa shape index (κ2) is 8.98. The van der Waals surface area contributed by atoms with E-state index in [1.807, 2.05) is 13.8 Å². The zero-order chi connectivity index (χ0) is 5.58. The normalized spacial score (nSPS) is 5.00. The van der Waals surface area contributed by atoms with E-state index < -0.39 is 0 Å². The third-order valence-electron chi connectivity index (χ3n) is 0. The van der Waals surface area contributed by atoms with Crippen molar-refractivity contribution < 1.29 is 0 Å². The molecule has 0 atom stereocenters. The Morgan fingerprint density at radius 1 is 1.50 bits per heavy atom. The largest absolute Gasteiger partial charge is 0.100 e. The van der Waals surface area contributed by atoms with Crippen molar-refractivity contribution in [1.82, 2.24) is 0 Å². The molecule has 0 N–H and O–H groups in total. The van der Waals surface area contributed by atoms with E-state index >= 15 is 0 Å². The van der Waals surface area contributed by atoms with Gasteiger partial charge in [0.05, 0.1) is 0 Å². The SMILES string of the molecule is C=C(C)C.P=S. The molecule has 0 nitrogen and oxygen atoms in total. The highest BCUT2D eigenvalue weighted by Gasteiger charge is 1.51. The van der Waals surface area contributed by atoms with Gasteiger partial charge in [-0.3, -0.25) is 0 Å². The van der Waals surface area contributed by atoms with Crippen molar-refractivity contribution in [3.63, 3.8) is 0 Å². The molecule has 36 valence electrons. The fourth-order valence-electron chi connectivity index (χ4n) is 0. The minimum atomic E-state index is 1.17. The standard InChI is InChI=1S/C4H8.HPS/c1-4(2)3;1-2/h1H2,2-3H3;1H. The van der Waals surface area contributed by atoms with Crippen molar-refractivity contribution in [2.45, 2.75) is 13.8 Å². The lowest BCUT2D eigenvalue weighted by Crippen LogP contribution is -1.43. The molecular formula is C4H9PS. The molecule has 0 radical (unpaired) electrons. The van der Waals surface area contributed by atoms with E-state index in [1.165, 1.54) is 5.57 Å². The predicted molar refractivity (Wildman–Crippen MR) is 36.2 cm³/mol. The summed E-state index contributed by atoms with van der Waals surface area (Å²) in [6, 6.07) is 0. The number of allylic oxidation sites excluding steroid dienone is 1. The number of hydrogen-bond donors (Lipinski definition) is 0. The fraction of sp³-hybridized carbons (Fsp3) is 0.500. The average molecular weight is 120 g/mol. The highest BCUT2D eigenvalue weighted by atomic mass is 32.4. The molecule has 0 saturated carbocycles. The molecule has 0 amide bonds. The van der Waals surface area contributed by atoms with E-state index in [-0.39, 0.29) is 0 Å². The van der Waals surface area contributed by atoms with Crippen LogP contribution >= 0.6 is 8.02 Å². The van der Waals surface area contributed by atoms with Crippen molar-refractivity contribution in [1.29, 1.82) is 0 Å². The van der Waals surface area contributed by atoms with Gasteiger partial charge in [0, 0.05) is 0 Å². The van der Waals surface area contributed by atoms with Crippen molar-refractivity contribution in [3.05, 3.63) is 12.2 Å². The van der Waals surface area contributed by atoms with Crippen LogP contribution in [-0.4, -0.2) is 0 Å². The Morgan fingerprint density at radius 3 is 1.50 bits per heavy atom. The van der Waals surface area contributed by atoms with Gasteiger partial charge >= 0.3 is 0 Å². The zero-order valence-electron chi connectivity index (χ0n) is 4.12. The van der Waals surface area contributed by atoms with Gasteiger partial charge < -0.3 is 0 Å². The van der Waals surface area contributed by atoms with Crippen molar-refractivity contribution in [2.24, 2.45) is 0 Å². The molecule has 0 aromatic heterocycles. The molecule has 0 aliphatic rings. The fourth-order valence-corrected chi connectivity index (χ4v) is 0. The van der Waals surface area contributed by atoms with Gasteiger partial charge in [-0.05, 0) is 21.9 Å². The molecule has 0 spiro atoms. The number of rotatable bonds is 0. The first-order chi connectivity index (χ1) is 2.73. The summed E-state index contributed by atoms with van der Waals surface area (Å²) in [4.78, 5) is 0. The summed E-state index contributed by atoms with van der Waals surface area (Å²) in [6.07, 6.45) is 0. The van der Waals surface area contributed by atoms with Crippen LogP contribution in [0.4, 0.5) is 0 Å². The molecule has 6 heavy (non-hydrogen) atoms. The van der Waals surface area contributed by atoms with Crippen molar-refractivity contribution in [3.8, 4) is 0 Å². The summed E-state index contributed by atoms with van der Waals surface area (Å²) in [5.74, 6) is 0. The Morgan fingerprint density at radius 2 is 1.50 bits per heavy atom. The van der Waals surface area contributed by atoms with Gasteiger partial charge in [-0.1, -0.05) is 17.4 Å². The molecule has 2 heteroatoms. The second-order valence-corrected chi connectivity index (χ2v) is 1.21. The minimum absolute atomic E-state index is 1.17. The van der Waals surface area contributed by atoms with E-state index in [2.05, 4.69) is 26.4 Å². The predicted octanol–water partition coefficient (Wildman–Crippen LogP) is 2.17. The van der Waals surface area contributed by atoms with Crippen molar-refractivity contribution >= 4 is 19.8 Å². The summed E-state index contributed by atoms with van der Waals surface area (Å²) in [7, 11) is 2.56. The summed E-state index contributed by atoms with van der Waals surface area (Å²) in [5, 5.41) is 0. The van der Waals surface area contributed by atoms with Gasteiger partial charge in [-0.15, -0.1) is 6.58 Å². The Kier molecular flexibility index (Phi) is 14.3. The molecule has 0 fully saturated rings. The van der Waals surface area contributed by atoms with Crippen LogP contribution in [0, 0.1) is 0 Å². The monoisotopic (exact) mass is 120 g/mol. The molecule has 0 aromatic carbocycles. The van der Waals surface area contributed by atoms with Crippen LogP contribution in [0.15, 0.2) is 12.2 Å². The molecule has 0 aromatic rings. The van der Waals surface area contributed by atoms with Gasteiger partial charge in [-0.2, -0.15) is 0 Å². The van der Waals surface area contributed by atoms with E-state index in [0.717, 1.165) is 0 Å². The number of hydrogen-bond acceptors (Lipinski definition) is 1. The van der Waals surface area contributed by atoms with Gasteiger partial charge in [0.2, 0.25) is 0 Å². The van der Waals surface area contributed by atoms with Crippen LogP contribution in [0.2, 0.25) is 0 Å². The molecule has 0 heterocycles. The van der Waals surface area contributed by atoms with Crippen LogP contribution in [0.25, 0.3) is 0 Å². The van der Waals surface area contributed by atoms with Crippen LogP contribution < -0.4 is 0 Å². The van der Waals surface area contributed by atoms with Crippen molar-refractivity contribution in [2.75, 3.05) is 0 Å². The molecule has 0 rings (SSSR count). The van der Waals surface area contributed by atoms with Gasteiger partial charge in [-0.25, -0.2) is 0 Å². The summed E-state index contributed by atoms with van der Waals surface area (Å²) >= 11 is 3.89. The second-order valence-electron chi connectivity index (χ2n) is 1.21. The smallest absolute Gasteiger partial charge is 0.0437 e. The molecule has 0 saturated heterocycles. The summed E-state index contributed by atoms with van der Waals surface area (Å²) < 4.78 is 0. The van der Waals surface area contributed by atoms with Crippen LogP contribution in [-0.2, 0) is 11.8 Å². The Labute approximate surface area is 46.5 Å². The van der Waals surface area contributed by atoms with Gasteiger partial charge in [0.15, 0.2) is 0 Å². The van der Waals surface area contributed by atoms with E-state index in [1.54, 1.807) is 0 Å². The maximum atomic E-state index is 3.89. The van der Waals surface area contributed by atoms with Gasteiger partial charge in [0.1, 0.15) is 0 Å². The third kappa shape index (κ3) is 670. The zero-order valence-corrected chi connectivity index (χ0v) is 5.93. The van der Waals surface area contributed by atoms with Gasteiger partial charge in [0.25, 0.3) is 0 Å². The van der Waals surface area contributed by atoms with Crippen LogP contribution in [0.3, 0.4) is 0 Å². The minimum Gasteiger partial charge on any atom is -0.100 e. The average Bonchev–Trinajstić information content (AvgIpc) is 1.41. The Hall–Kier alpha value is 0.260. The first-order valence-electron chi connectivity index (χ1n) is 1.56. The lowest BCUT2D eigenvalue weighted by molar-refractivity contribution is 1.42. The van der Waals surface area contributed by atoms with E-state index in [9.17, 15) is 0 Å². The quantitative estimate of drug-likeness (QED) is 0.348. The molecular weight excluding hydrogens is 111 g/mol. The highest BCUT2D eigenvalue weighted by molar-refractivity contribution is 7.88. The lowest BCUT2D eigenvalue weighted by atomic mass is 10.4. The maximum absolute atomic E-state index is 3.89. The molecule has 0 aliphatic heterocycles. The first-order valence-corrected chi connectivity index (χ1v) is 3.19. The van der Waals surface area contributed by atoms with E-state index in [0.29, 0.717) is 0 Å². The van der Waals surface area contributed by atoms with Crippen LogP contribution in [0.1, 0.15) is 13.8 Å². The Bertz CT molecular complexity index is 38.8. The summed E-state index contributed by atoms with van der Waals surface area (Å²) in [5.41, 5.74) is 1.17. The first kappa shape index (κ1) is 9.54. The molecule has 0 aliphatic carbocycles. The molecule has 0 unspecified atom stereocenters. The highest BCUT2D eigenvalue weighted by Crippen LogP contribution is 1.73.